The van der Waals surface area contributed by atoms with Gasteiger partial charge in [0, 0.05) is 10.3 Å². The first kappa shape index (κ1) is 12.1. The molecule has 86 valence electrons. The molecule has 0 amide bonds. The summed E-state index contributed by atoms with van der Waals surface area (Å²) < 4.78 is 1.29. The van der Waals surface area contributed by atoms with Gasteiger partial charge in [0.2, 0.25) is 0 Å². The largest absolute Gasteiger partial charge is 0.132 e. The van der Waals surface area contributed by atoms with Crippen molar-refractivity contribution in [3.8, 4) is 0 Å². The van der Waals surface area contributed by atoms with E-state index >= 15 is 0 Å². The predicted octanol–water partition coefficient (Wildman–Crippen LogP) is 5.79. The van der Waals surface area contributed by atoms with Gasteiger partial charge >= 0.3 is 0 Å². The van der Waals surface area contributed by atoms with Crippen molar-refractivity contribution in [3.63, 3.8) is 0 Å². The molecule has 16 heavy (non-hydrogen) atoms. The van der Waals surface area contributed by atoms with Crippen LogP contribution >= 0.6 is 27.3 Å². The molecule has 2 aromatic rings. The molecule has 0 fully saturated rings. The average Bonchev–Trinajstić information content (AvgIpc) is 2.63. The Labute approximate surface area is 110 Å². The van der Waals surface area contributed by atoms with Gasteiger partial charge in [-0.1, -0.05) is 50.5 Å². The van der Waals surface area contributed by atoms with E-state index in [0.29, 0.717) is 0 Å². The monoisotopic (exact) mass is 296 g/mol. The molecule has 0 spiro atoms. The maximum absolute atomic E-state index is 3.66. The van der Waals surface area contributed by atoms with Crippen LogP contribution in [0.2, 0.25) is 0 Å². The summed E-state index contributed by atoms with van der Waals surface area (Å²) in [6.07, 6.45) is 6.60. The molecule has 0 nitrogen and oxygen atoms in total. The van der Waals surface area contributed by atoms with Gasteiger partial charge in [-0.25, -0.2) is 0 Å². The van der Waals surface area contributed by atoms with E-state index in [9.17, 15) is 0 Å². The molecular formula is C14H17BrS. The Morgan fingerprint density at radius 1 is 1.06 bits per heavy atom. The molecule has 0 saturated carbocycles. The average molecular weight is 297 g/mol. The molecule has 0 atom stereocenters. The summed E-state index contributed by atoms with van der Waals surface area (Å²) in [6, 6.07) is 8.69. The Kier molecular flexibility index (Phi) is 4.42. The van der Waals surface area contributed by atoms with Gasteiger partial charge in [0.25, 0.3) is 0 Å². The predicted molar refractivity (Wildman–Crippen MR) is 77.4 cm³/mol. The third-order valence-corrected chi connectivity index (χ3v) is 4.89. The van der Waals surface area contributed by atoms with Crippen LogP contribution in [0.4, 0.5) is 0 Å². The third-order valence-electron chi connectivity index (χ3n) is 2.91. The van der Waals surface area contributed by atoms with Crippen molar-refractivity contribution < 1.29 is 0 Å². The van der Waals surface area contributed by atoms with Gasteiger partial charge in [-0.3, -0.25) is 0 Å². The van der Waals surface area contributed by atoms with Gasteiger partial charge < -0.3 is 0 Å². The number of rotatable bonds is 5. The molecule has 0 unspecified atom stereocenters. The first-order valence-electron chi connectivity index (χ1n) is 5.99. The van der Waals surface area contributed by atoms with Crippen molar-refractivity contribution in [3.05, 3.63) is 32.9 Å². The second-order valence-electron chi connectivity index (χ2n) is 4.16. The highest BCUT2D eigenvalue weighted by atomic mass is 79.9. The number of benzene rings is 1. The first-order valence-corrected chi connectivity index (χ1v) is 7.59. The zero-order valence-corrected chi connectivity index (χ0v) is 12.0. The molecule has 0 saturated heterocycles. The summed E-state index contributed by atoms with van der Waals surface area (Å²) in [7, 11) is 0. The van der Waals surface area contributed by atoms with Crippen LogP contribution in [-0.2, 0) is 6.42 Å². The van der Waals surface area contributed by atoms with E-state index < -0.39 is 0 Å². The van der Waals surface area contributed by atoms with Crippen molar-refractivity contribution in [2.24, 2.45) is 0 Å². The maximum atomic E-state index is 3.66. The lowest BCUT2D eigenvalue weighted by Crippen LogP contribution is -1.82. The van der Waals surface area contributed by atoms with E-state index in [1.165, 1.54) is 46.7 Å². The standard InChI is InChI=1S/C14H17BrS/c1-2-3-4-5-10-13-11-8-6-7-9-12(11)14(15)16-13/h6-9H,2-5,10H2,1H3. The van der Waals surface area contributed by atoms with E-state index in [0.717, 1.165) is 0 Å². The molecule has 1 aromatic carbocycles. The molecule has 2 heteroatoms. The number of thiophene rings is 1. The van der Waals surface area contributed by atoms with Crippen LogP contribution in [0.5, 0.6) is 0 Å². The lowest BCUT2D eigenvalue weighted by molar-refractivity contribution is 0.671. The van der Waals surface area contributed by atoms with Crippen LogP contribution < -0.4 is 0 Å². The number of hydrogen-bond acceptors (Lipinski definition) is 1. The van der Waals surface area contributed by atoms with Gasteiger partial charge in [0.05, 0.1) is 3.79 Å². The summed E-state index contributed by atoms with van der Waals surface area (Å²) in [4.78, 5) is 1.54. The van der Waals surface area contributed by atoms with Crippen LogP contribution in [0.25, 0.3) is 10.8 Å². The van der Waals surface area contributed by atoms with Crippen LogP contribution in [-0.4, -0.2) is 0 Å². The van der Waals surface area contributed by atoms with E-state index in [4.69, 9.17) is 0 Å². The highest BCUT2D eigenvalue weighted by Crippen LogP contribution is 2.36. The summed E-state index contributed by atoms with van der Waals surface area (Å²) in [5.74, 6) is 0. The number of hydrogen-bond donors (Lipinski definition) is 0. The Bertz CT molecular complexity index is 459. The summed E-state index contributed by atoms with van der Waals surface area (Å²) in [5, 5.41) is 2.81. The minimum Gasteiger partial charge on any atom is -0.132 e. The fraction of sp³-hybridized carbons (Fsp3) is 0.429. The van der Waals surface area contributed by atoms with E-state index in [1.54, 1.807) is 4.88 Å². The van der Waals surface area contributed by atoms with Gasteiger partial charge in [0.1, 0.15) is 0 Å². The number of fused-ring (bicyclic) bond motifs is 1. The van der Waals surface area contributed by atoms with Crippen molar-refractivity contribution in [1.82, 2.24) is 0 Å². The highest BCUT2D eigenvalue weighted by molar-refractivity contribution is 9.11. The molecule has 0 radical (unpaired) electrons. The second-order valence-corrected chi connectivity index (χ2v) is 6.58. The van der Waals surface area contributed by atoms with Crippen molar-refractivity contribution >= 4 is 38.0 Å². The van der Waals surface area contributed by atoms with E-state index in [-0.39, 0.29) is 0 Å². The van der Waals surface area contributed by atoms with Gasteiger partial charge in [0.15, 0.2) is 0 Å². The number of aryl methyl sites for hydroxylation is 1. The Morgan fingerprint density at radius 3 is 2.56 bits per heavy atom. The van der Waals surface area contributed by atoms with Crippen LogP contribution in [0.1, 0.15) is 37.5 Å². The summed E-state index contributed by atoms with van der Waals surface area (Å²) in [6.45, 7) is 2.26. The molecule has 0 N–H and O–H groups in total. The van der Waals surface area contributed by atoms with Crippen molar-refractivity contribution in [2.45, 2.75) is 39.0 Å². The normalized spacial score (nSPS) is 11.1. The molecule has 0 aliphatic heterocycles. The van der Waals surface area contributed by atoms with Crippen LogP contribution in [0.15, 0.2) is 28.1 Å². The molecule has 1 aromatic heterocycles. The molecule has 0 aliphatic rings. The maximum Gasteiger partial charge on any atom is 0.0779 e. The highest BCUT2D eigenvalue weighted by Gasteiger charge is 2.07. The molecule has 1 heterocycles. The van der Waals surface area contributed by atoms with Crippen molar-refractivity contribution in [2.75, 3.05) is 0 Å². The summed E-state index contributed by atoms with van der Waals surface area (Å²) in [5.41, 5.74) is 0. The Morgan fingerprint density at radius 2 is 1.81 bits per heavy atom. The van der Waals surface area contributed by atoms with Crippen LogP contribution in [0.3, 0.4) is 0 Å². The number of unbranched alkanes of at least 4 members (excludes halogenated alkanes) is 3. The minimum absolute atomic E-state index is 1.23. The minimum atomic E-state index is 1.23. The van der Waals surface area contributed by atoms with E-state index in [2.05, 4.69) is 47.1 Å². The van der Waals surface area contributed by atoms with Crippen molar-refractivity contribution in [1.29, 1.82) is 0 Å². The fourth-order valence-electron chi connectivity index (χ4n) is 2.01. The first-order chi connectivity index (χ1) is 7.83. The zero-order valence-electron chi connectivity index (χ0n) is 9.63. The molecule has 0 aliphatic carbocycles. The Hall–Kier alpha value is -0.340. The van der Waals surface area contributed by atoms with E-state index in [1.807, 2.05) is 11.3 Å². The molecule has 2 rings (SSSR count). The quantitative estimate of drug-likeness (QED) is 0.613. The Balaban J connectivity index is 2.12. The summed E-state index contributed by atoms with van der Waals surface area (Å²) >= 11 is 5.56. The van der Waals surface area contributed by atoms with Gasteiger partial charge in [-0.2, -0.15) is 0 Å². The van der Waals surface area contributed by atoms with Crippen LogP contribution in [0, 0.1) is 0 Å². The SMILES string of the molecule is CCCCCCc1sc(Br)c2ccccc12. The number of halogens is 1. The third kappa shape index (κ3) is 2.67. The fourth-order valence-corrected chi connectivity index (χ4v) is 3.98. The zero-order chi connectivity index (χ0) is 11.4. The van der Waals surface area contributed by atoms with Gasteiger partial charge in [-0.15, -0.1) is 11.3 Å². The second kappa shape index (κ2) is 5.83. The smallest absolute Gasteiger partial charge is 0.0779 e. The molecule has 0 bridgehead atoms. The lowest BCUT2D eigenvalue weighted by Gasteiger charge is -1.98. The molecular weight excluding hydrogens is 280 g/mol. The lowest BCUT2D eigenvalue weighted by atomic mass is 10.1. The van der Waals surface area contributed by atoms with Gasteiger partial charge in [-0.05, 0) is 34.2 Å². The topological polar surface area (TPSA) is 0 Å².